The van der Waals surface area contributed by atoms with Gasteiger partial charge in [-0.1, -0.05) is 43.8 Å². The lowest BCUT2D eigenvalue weighted by atomic mass is 10.0. The minimum Gasteiger partial charge on any atom is -0.462 e. The van der Waals surface area contributed by atoms with Gasteiger partial charge in [0.2, 0.25) is 5.91 Å². The number of anilines is 1. The Balaban J connectivity index is 1.51. The first-order chi connectivity index (χ1) is 21.8. The SMILES string of the molecule is C=CC(=O)N1CCN(c2nc(OC[C@@H]3CCCN3C)nc3c(=O)n(-c4cccc5cccc(CC)c45)c(C)nc23)C[C@@H]1CC#N. The maximum Gasteiger partial charge on any atom is 0.319 e. The fourth-order valence-electron chi connectivity index (χ4n) is 6.68. The van der Waals surface area contributed by atoms with E-state index in [1.807, 2.05) is 42.2 Å². The number of amides is 1. The smallest absolute Gasteiger partial charge is 0.319 e. The van der Waals surface area contributed by atoms with Gasteiger partial charge in [-0.15, -0.1) is 0 Å². The lowest BCUT2D eigenvalue weighted by molar-refractivity contribution is -0.128. The highest BCUT2D eigenvalue weighted by atomic mass is 16.5. The number of benzene rings is 2. The van der Waals surface area contributed by atoms with E-state index in [9.17, 15) is 14.9 Å². The molecule has 4 heterocycles. The zero-order valence-corrected chi connectivity index (χ0v) is 26.1. The summed E-state index contributed by atoms with van der Waals surface area (Å²) in [6.07, 6.45) is 4.35. The van der Waals surface area contributed by atoms with Crippen LogP contribution in [0, 0.1) is 18.3 Å². The van der Waals surface area contributed by atoms with Crippen LogP contribution in [0.25, 0.3) is 27.5 Å². The summed E-state index contributed by atoms with van der Waals surface area (Å²) in [5.41, 5.74) is 2.11. The molecule has 4 aromatic rings. The average molecular weight is 607 g/mol. The molecular formula is C34H38N8O3. The number of aromatic nitrogens is 4. The normalized spacial score (nSPS) is 18.8. The molecule has 2 aliphatic rings. The highest BCUT2D eigenvalue weighted by molar-refractivity contribution is 5.94. The van der Waals surface area contributed by atoms with Gasteiger partial charge in [0.1, 0.15) is 17.9 Å². The molecule has 0 unspecified atom stereocenters. The van der Waals surface area contributed by atoms with Crippen LogP contribution in [0.2, 0.25) is 0 Å². The molecule has 0 bridgehead atoms. The molecule has 0 spiro atoms. The highest BCUT2D eigenvalue weighted by Crippen LogP contribution is 2.30. The van der Waals surface area contributed by atoms with Crippen molar-refractivity contribution >= 4 is 33.5 Å². The molecule has 2 aromatic heterocycles. The molecule has 2 aliphatic heterocycles. The molecule has 0 aliphatic carbocycles. The second kappa shape index (κ2) is 12.7. The van der Waals surface area contributed by atoms with Crippen LogP contribution < -0.4 is 15.2 Å². The quantitative estimate of drug-likeness (QED) is 0.276. The first kappa shape index (κ1) is 30.2. The molecule has 2 fully saturated rings. The average Bonchev–Trinajstić information content (AvgIpc) is 3.47. The molecule has 6 rings (SSSR count). The minimum atomic E-state index is -0.375. The molecule has 11 heteroatoms. The van der Waals surface area contributed by atoms with E-state index in [1.165, 1.54) is 6.08 Å². The van der Waals surface area contributed by atoms with E-state index in [-0.39, 0.29) is 41.5 Å². The van der Waals surface area contributed by atoms with Crippen molar-refractivity contribution in [2.75, 3.05) is 44.7 Å². The largest absolute Gasteiger partial charge is 0.462 e. The van der Waals surface area contributed by atoms with Gasteiger partial charge >= 0.3 is 6.01 Å². The topological polar surface area (TPSA) is 120 Å². The second-order valence-electron chi connectivity index (χ2n) is 11.8. The van der Waals surface area contributed by atoms with E-state index in [0.29, 0.717) is 43.4 Å². The Morgan fingerprint density at radius 2 is 1.91 bits per heavy atom. The molecule has 0 N–H and O–H groups in total. The zero-order chi connectivity index (χ0) is 31.7. The Morgan fingerprint density at radius 3 is 2.62 bits per heavy atom. The molecule has 232 valence electrons. The Bertz CT molecular complexity index is 1870. The monoisotopic (exact) mass is 606 g/mol. The van der Waals surface area contributed by atoms with E-state index >= 15 is 0 Å². The number of hydrogen-bond acceptors (Lipinski definition) is 9. The number of rotatable bonds is 8. The number of carbonyl (C=O) groups excluding carboxylic acids is 1. The van der Waals surface area contributed by atoms with Crippen LogP contribution in [-0.4, -0.2) is 87.1 Å². The number of ether oxygens (including phenoxy) is 1. The Kier molecular flexibility index (Phi) is 8.50. The summed E-state index contributed by atoms with van der Waals surface area (Å²) >= 11 is 0. The summed E-state index contributed by atoms with van der Waals surface area (Å²) < 4.78 is 7.83. The van der Waals surface area contributed by atoms with Crippen molar-refractivity contribution in [3.8, 4) is 17.8 Å². The van der Waals surface area contributed by atoms with Crippen molar-refractivity contribution in [1.29, 1.82) is 5.26 Å². The van der Waals surface area contributed by atoms with Crippen molar-refractivity contribution in [3.05, 3.63) is 70.8 Å². The lowest BCUT2D eigenvalue weighted by Crippen LogP contribution is -2.55. The predicted octanol–water partition coefficient (Wildman–Crippen LogP) is 3.79. The van der Waals surface area contributed by atoms with Gasteiger partial charge in [-0.3, -0.25) is 14.2 Å². The van der Waals surface area contributed by atoms with Gasteiger partial charge in [-0.05, 0) is 62.9 Å². The van der Waals surface area contributed by atoms with Crippen molar-refractivity contribution in [2.45, 2.75) is 51.6 Å². The van der Waals surface area contributed by atoms with Gasteiger partial charge in [-0.2, -0.15) is 15.2 Å². The van der Waals surface area contributed by atoms with Gasteiger partial charge in [0.15, 0.2) is 11.3 Å². The fourth-order valence-corrected chi connectivity index (χ4v) is 6.68. The molecule has 0 saturated carbocycles. The van der Waals surface area contributed by atoms with Crippen molar-refractivity contribution in [1.82, 2.24) is 29.3 Å². The van der Waals surface area contributed by atoms with E-state index in [1.54, 1.807) is 9.47 Å². The first-order valence-electron chi connectivity index (χ1n) is 15.5. The molecule has 2 aromatic carbocycles. The summed E-state index contributed by atoms with van der Waals surface area (Å²) in [4.78, 5) is 47.4. The minimum absolute atomic E-state index is 0.112. The summed E-state index contributed by atoms with van der Waals surface area (Å²) in [6, 6.07) is 14.3. The Hall–Kier alpha value is -4.82. The van der Waals surface area contributed by atoms with Crippen LogP contribution in [0.1, 0.15) is 37.6 Å². The summed E-state index contributed by atoms with van der Waals surface area (Å²) in [5, 5.41) is 11.6. The fraction of sp³-hybridized carbons (Fsp3) is 0.412. The second-order valence-corrected chi connectivity index (χ2v) is 11.8. The Morgan fingerprint density at radius 1 is 1.11 bits per heavy atom. The van der Waals surface area contributed by atoms with Gasteiger partial charge in [-0.25, -0.2) is 4.98 Å². The van der Waals surface area contributed by atoms with Gasteiger partial charge < -0.3 is 19.4 Å². The number of carbonyl (C=O) groups is 1. The van der Waals surface area contributed by atoms with E-state index < -0.39 is 0 Å². The van der Waals surface area contributed by atoms with Crippen LogP contribution in [0.4, 0.5) is 5.82 Å². The van der Waals surface area contributed by atoms with E-state index in [4.69, 9.17) is 14.7 Å². The highest BCUT2D eigenvalue weighted by Gasteiger charge is 2.32. The zero-order valence-electron chi connectivity index (χ0n) is 26.1. The third-order valence-corrected chi connectivity index (χ3v) is 9.08. The number of nitrogens with zero attached hydrogens (tertiary/aromatic N) is 8. The maximum absolute atomic E-state index is 14.5. The number of likely N-dealkylation sites (tertiary alicyclic amines) is 1. The molecule has 11 nitrogen and oxygen atoms in total. The Labute approximate surface area is 262 Å². The predicted molar refractivity (Wildman–Crippen MR) is 174 cm³/mol. The number of fused-ring (bicyclic) bond motifs is 2. The third-order valence-electron chi connectivity index (χ3n) is 9.08. The maximum atomic E-state index is 14.5. The van der Waals surface area contributed by atoms with Gasteiger partial charge in [0.25, 0.3) is 5.56 Å². The molecule has 0 radical (unpaired) electrons. The lowest BCUT2D eigenvalue weighted by Gasteiger charge is -2.40. The van der Waals surface area contributed by atoms with Crippen LogP contribution in [0.15, 0.2) is 53.8 Å². The number of nitriles is 1. The van der Waals surface area contributed by atoms with E-state index in [2.05, 4.69) is 42.6 Å². The van der Waals surface area contributed by atoms with E-state index in [0.717, 1.165) is 47.8 Å². The first-order valence-corrected chi connectivity index (χ1v) is 15.5. The van der Waals surface area contributed by atoms with Crippen molar-refractivity contribution < 1.29 is 9.53 Å². The van der Waals surface area contributed by atoms with Gasteiger partial charge in [0.05, 0.1) is 24.2 Å². The van der Waals surface area contributed by atoms with Crippen LogP contribution in [-0.2, 0) is 11.2 Å². The standard InChI is InChI=1S/C34H38N8O3/c1-5-23-10-7-11-24-12-8-14-27(29(23)24)42-22(3)36-30-31(33(42)44)37-34(45-21-26-13-9-17-39(26)4)38-32(30)40-18-19-41(28(43)6-2)25(20-40)15-16-35/h6-8,10-12,14,25-26H,2,5,9,13,15,17-21H2,1,3-4H3/t25-,26-/m0/s1. The molecule has 45 heavy (non-hydrogen) atoms. The molecular weight excluding hydrogens is 568 g/mol. The van der Waals surface area contributed by atoms with Crippen LogP contribution in [0.3, 0.4) is 0 Å². The van der Waals surface area contributed by atoms with Crippen LogP contribution >= 0.6 is 0 Å². The molecule has 1 amide bonds. The number of hydrogen-bond donors (Lipinski definition) is 0. The number of piperazine rings is 1. The number of likely N-dealkylation sites (N-methyl/N-ethyl adjacent to an activating group) is 1. The van der Waals surface area contributed by atoms with Crippen molar-refractivity contribution in [3.63, 3.8) is 0 Å². The van der Waals surface area contributed by atoms with Crippen molar-refractivity contribution in [2.24, 2.45) is 0 Å². The summed E-state index contributed by atoms with van der Waals surface area (Å²) in [5.74, 6) is 0.750. The molecule has 2 saturated heterocycles. The van der Waals surface area contributed by atoms with Gasteiger partial charge in [0, 0.05) is 31.1 Å². The number of aryl methyl sites for hydroxylation is 2. The molecule has 2 atom stereocenters. The van der Waals surface area contributed by atoms with Crippen LogP contribution in [0.5, 0.6) is 6.01 Å². The summed E-state index contributed by atoms with van der Waals surface area (Å²) in [6.45, 7) is 10.1. The third kappa shape index (κ3) is 5.62. The summed E-state index contributed by atoms with van der Waals surface area (Å²) in [7, 11) is 2.08.